The zero-order chi connectivity index (χ0) is 24.9. The summed E-state index contributed by atoms with van der Waals surface area (Å²) in [6.45, 7) is 5.75. The van der Waals surface area contributed by atoms with Crippen molar-refractivity contribution in [3.63, 3.8) is 0 Å². The van der Waals surface area contributed by atoms with Crippen molar-refractivity contribution in [2.75, 3.05) is 18.9 Å². The fourth-order valence-corrected chi connectivity index (χ4v) is 4.48. The van der Waals surface area contributed by atoms with E-state index in [2.05, 4.69) is 29.9 Å². The Morgan fingerprint density at radius 3 is 2.23 bits per heavy atom. The van der Waals surface area contributed by atoms with E-state index in [0.29, 0.717) is 34.5 Å². The fourth-order valence-electron chi connectivity index (χ4n) is 3.49. The van der Waals surface area contributed by atoms with Gasteiger partial charge in [-0.1, -0.05) is 19.1 Å². The summed E-state index contributed by atoms with van der Waals surface area (Å²) in [6, 6.07) is 10.9. The number of benzene rings is 1. The number of aromatic nitrogens is 6. The van der Waals surface area contributed by atoms with Crippen LogP contribution in [0.25, 0.3) is 17.2 Å². The van der Waals surface area contributed by atoms with E-state index in [1.165, 1.54) is 0 Å². The smallest absolute Gasteiger partial charge is 0.241 e. The van der Waals surface area contributed by atoms with Gasteiger partial charge in [-0.05, 0) is 43.7 Å². The molecule has 35 heavy (non-hydrogen) atoms. The minimum absolute atomic E-state index is 0.170. The summed E-state index contributed by atoms with van der Waals surface area (Å²) in [7, 11) is 1.59. The van der Waals surface area contributed by atoms with Crippen LogP contribution in [0.5, 0.6) is 11.5 Å². The van der Waals surface area contributed by atoms with Gasteiger partial charge in [-0.25, -0.2) is 14.2 Å². The number of ether oxygens (including phenoxy) is 2. The number of para-hydroxylation sites is 1. The van der Waals surface area contributed by atoms with E-state index in [-0.39, 0.29) is 17.1 Å². The molecule has 11 heteroatoms. The Morgan fingerprint density at radius 2 is 1.63 bits per heavy atom. The van der Waals surface area contributed by atoms with Crippen LogP contribution >= 0.6 is 0 Å². The lowest BCUT2D eigenvalue weighted by Gasteiger charge is -2.20. The molecule has 0 saturated carbocycles. The van der Waals surface area contributed by atoms with E-state index in [0.717, 1.165) is 5.56 Å². The Kier molecular flexibility index (Phi) is 7.35. The molecule has 0 aliphatic carbocycles. The molecule has 0 aliphatic rings. The fraction of sp³-hybridized carbons (Fsp3) is 0.292. The molecule has 1 N–H and O–H groups in total. The molecule has 0 aliphatic heterocycles. The lowest BCUT2D eigenvalue weighted by molar-refractivity contribution is 0.391. The average molecular weight is 494 g/mol. The summed E-state index contributed by atoms with van der Waals surface area (Å²) in [5.74, 6) is 2.22. The van der Waals surface area contributed by atoms with Crippen LogP contribution in [-0.2, 0) is 11.0 Å². The Labute approximate surface area is 206 Å². The van der Waals surface area contributed by atoms with Gasteiger partial charge in [-0.3, -0.25) is 14.3 Å². The highest BCUT2D eigenvalue weighted by atomic mass is 32.2. The van der Waals surface area contributed by atoms with Crippen molar-refractivity contribution in [1.82, 2.24) is 29.7 Å². The quantitative estimate of drug-likeness (QED) is 0.375. The molecule has 3 aromatic heterocycles. The molecule has 4 aromatic rings. The summed E-state index contributed by atoms with van der Waals surface area (Å²) >= 11 is 0. The molecule has 182 valence electrons. The SMILES string of the molecule is COc1cccc(OC)c1-n1c(NS(=O)[C@@H](C)C(C)c2ncc(C)cn2)nnc1-c1ccccn1. The zero-order valence-corrected chi connectivity index (χ0v) is 21.0. The molecule has 1 aromatic carbocycles. The maximum Gasteiger partial charge on any atom is 0.241 e. The molecule has 3 atom stereocenters. The maximum absolute atomic E-state index is 13.4. The first-order valence-electron chi connectivity index (χ1n) is 11.0. The van der Waals surface area contributed by atoms with Crippen LogP contribution in [0, 0.1) is 6.92 Å². The lowest BCUT2D eigenvalue weighted by atomic mass is 10.1. The standard InChI is InChI=1S/C24H27N7O3S/c1-15-13-26-22(27-14-15)16(2)17(3)35(32)30-24-29-28-23(18-9-6-7-12-25-18)31(24)21-19(33-4)10-8-11-20(21)34-5/h6-14,16-17H,1-5H3,(H,29,30)/t16?,17-,35?/m0/s1. The molecule has 3 heterocycles. The van der Waals surface area contributed by atoms with Crippen molar-refractivity contribution in [2.24, 2.45) is 0 Å². The van der Waals surface area contributed by atoms with Crippen molar-refractivity contribution >= 4 is 16.9 Å². The van der Waals surface area contributed by atoms with E-state index >= 15 is 0 Å². The van der Waals surface area contributed by atoms with Crippen molar-refractivity contribution in [3.05, 3.63) is 66.4 Å². The van der Waals surface area contributed by atoms with Crippen molar-refractivity contribution < 1.29 is 13.7 Å². The molecule has 0 fully saturated rings. The van der Waals surface area contributed by atoms with E-state index in [9.17, 15) is 4.21 Å². The van der Waals surface area contributed by atoms with Gasteiger partial charge in [-0.15, -0.1) is 10.2 Å². The second kappa shape index (κ2) is 10.6. The zero-order valence-electron chi connectivity index (χ0n) is 20.2. The van der Waals surface area contributed by atoms with Crippen LogP contribution in [0.15, 0.2) is 55.0 Å². The van der Waals surface area contributed by atoms with Gasteiger partial charge in [0, 0.05) is 24.5 Å². The molecule has 0 radical (unpaired) electrons. The Balaban J connectivity index is 1.76. The Hall–Kier alpha value is -3.86. The van der Waals surface area contributed by atoms with Crippen molar-refractivity contribution in [1.29, 1.82) is 0 Å². The summed E-state index contributed by atoms with van der Waals surface area (Å²) < 4.78 is 29.4. The van der Waals surface area contributed by atoms with Crippen LogP contribution < -0.4 is 14.2 Å². The van der Waals surface area contributed by atoms with E-state index in [4.69, 9.17) is 9.47 Å². The first kappa shape index (κ1) is 24.3. The number of rotatable bonds is 9. The number of nitrogens with one attached hydrogen (secondary N) is 1. The van der Waals surface area contributed by atoms with Gasteiger partial charge in [0.05, 0.1) is 19.5 Å². The van der Waals surface area contributed by atoms with Crippen molar-refractivity contribution in [2.45, 2.75) is 31.9 Å². The molecule has 0 bridgehead atoms. The van der Waals surface area contributed by atoms with Crippen LogP contribution in [0.2, 0.25) is 0 Å². The molecule has 0 saturated heterocycles. The highest BCUT2D eigenvalue weighted by Crippen LogP contribution is 2.37. The summed E-state index contributed by atoms with van der Waals surface area (Å²) in [4.78, 5) is 13.2. The van der Waals surface area contributed by atoms with Crippen LogP contribution in [0.4, 0.5) is 5.95 Å². The van der Waals surface area contributed by atoms with E-state index in [1.54, 1.807) is 49.5 Å². The number of hydrogen-bond acceptors (Lipinski definition) is 8. The van der Waals surface area contributed by atoms with Crippen LogP contribution in [0.3, 0.4) is 0 Å². The largest absolute Gasteiger partial charge is 0.494 e. The third-order valence-corrected chi connectivity index (χ3v) is 7.09. The minimum Gasteiger partial charge on any atom is -0.494 e. The predicted octanol–water partition coefficient (Wildman–Crippen LogP) is 3.71. The monoisotopic (exact) mass is 493 g/mol. The first-order valence-corrected chi connectivity index (χ1v) is 12.2. The van der Waals surface area contributed by atoms with Gasteiger partial charge in [0.2, 0.25) is 5.95 Å². The van der Waals surface area contributed by atoms with Gasteiger partial charge >= 0.3 is 0 Å². The number of hydrogen-bond donors (Lipinski definition) is 1. The summed E-state index contributed by atoms with van der Waals surface area (Å²) in [5, 5.41) is 8.34. The number of pyridine rings is 1. The van der Waals surface area contributed by atoms with Gasteiger partial charge in [0.1, 0.15) is 39.7 Å². The van der Waals surface area contributed by atoms with Gasteiger partial charge in [0.15, 0.2) is 5.82 Å². The normalized spacial score (nSPS) is 13.6. The summed E-state index contributed by atoms with van der Waals surface area (Å²) in [6.07, 6.45) is 5.18. The molecule has 10 nitrogen and oxygen atoms in total. The number of nitrogens with zero attached hydrogens (tertiary/aromatic N) is 6. The Bertz CT molecular complexity index is 1290. The molecular formula is C24H27N7O3S. The number of aryl methyl sites for hydroxylation is 1. The van der Waals surface area contributed by atoms with Gasteiger partial charge in [-0.2, -0.15) is 0 Å². The third kappa shape index (κ3) is 4.99. The lowest BCUT2D eigenvalue weighted by Crippen LogP contribution is -2.26. The number of methoxy groups -OCH3 is 2. The van der Waals surface area contributed by atoms with Crippen LogP contribution in [0.1, 0.15) is 31.2 Å². The topological polar surface area (TPSA) is 117 Å². The number of anilines is 1. The van der Waals surface area contributed by atoms with Gasteiger partial charge < -0.3 is 9.47 Å². The molecule has 0 spiro atoms. The second-order valence-electron chi connectivity index (χ2n) is 7.92. The molecule has 4 rings (SSSR count). The van der Waals surface area contributed by atoms with E-state index < -0.39 is 11.0 Å². The Morgan fingerprint density at radius 1 is 0.943 bits per heavy atom. The van der Waals surface area contributed by atoms with Crippen molar-refractivity contribution in [3.8, 4) is 28.7 Å². The molecular weight excluding hydrogens is 466 g/mol. The van der Waals surface area contributed by atoms with E-state index in [1.807, 2.05) is 45.0 Å². The molecule has 0 amide bonds. The first-order chi connectivity index (χ1) is 16.9. The molecule has 2 unspecified atom stereocenters. The highest BCUT2D eigenvalue weighted by molar-refractivity contribution is 7.87. The third-order valence-electron chi connectivity index (χ3n) is 5.62. The average Bonchev–Trinajstić information content (AvgIpc) is 3.30. The van der Waals surface area contributed by atoms with Gasteiger partial charge in [0.25, 0.3) is 0 Å². The maximum atomic E-state index is 13.4. The predicted molar refractivity (Wildman–Crippen MR) is 134 cm³/mol. The minimum atomic E-state index is -1.55. The second-order valence-corrected chi connectivity index (χ2v) is 9.46. The highest BCUT2D eigenvalue weighted by Gasteiger charge is 2.27. The van der Waals surface area contributed by atoms with Crippen LogP contribution in [-0.4, -0.2) is 53.4 Å². The summed E-state index contributed by atoms with van der Waals surface area (Å²) in [5.41, 5.74) is 2.11.